The molecule has 0 saturated carbocycles. The number of aromatic nitrogens is 4. The van der Waals surface area contributed by atoms with Crippen LogP contribution in [0.15, 0.2) is 75.6 Å². The fourth-order valence-electron chi connectivity index (χ4n) is 2.69. The monoisotopic (exact) mass is 402 g/mol. The number of H-pyrrole nitrogens is 1. The van der Waals surface area contributed by atoms with Gasteiger partial charge in [0.25, 0.3) is 0 Å². The van der Waals surface area contributed by atoms with Crippen molar-refractivity contribution in [1.82, 2.24) is 19.6 Å². The van der Waals surface area contributed by atoms with Crippen LogP contribution in [0.2, 0.25) is 0 Å². The van der Waals surface area contributed by atoms with Gasteiger partial charge in [0.05, 0.1) is 35.3 Å². The molecular weight excluding hydrogens is 384 g/mol. The summed E-state index contributed by atoms with van der Waals surface area (Å²) in [4.78, 5) is 19.7. The third-order valence-electron chi connectivity index (χ3n) is 3.94. The molecule has 0 aliphatic rings. The first-order valence-electron chi connectivity index (χ1n) is 7.75. The zero-order valence-corrected chi connectivity index (χ0v) is 15.6. The van der Waals surface area contributed by atoms with Crippen molar-refractivity contribution in [2.24, 2.45) is 0 Å². The van der Waals surface area contributed by atoms with Gasteiger partial charge in [0.1, 0.15) is 5.75 Å². The molecule has 0 aliphatic carbocycles. The van der Waals surface area contributed by atoms with E-state index in [-0.39, 0.29) is 16.6 Å². The quantitative estimate of drug-likeness (QED) is 0.530. The van der Waals surface area contributed by atoms with E-state index in [2.05, 4.69) is 15.1 Å². The topological polar surface area (TPSA) is 152 Å². The molecule has 0 aliphatic heterocycles. The number of aromatic amines is 1. The Balaban J connectivity index is 0.00000140. The van der Waals surface area contributed by atoms with Gasteiger partial charge in [0, 0.05) is 10.5 Å². The van der Waals surface area contributed by atoms with Crippen molar-refractivity contribution in [2.45, 2.75) is 9.79 Å². The number of benzene rings is 2. The SMILES string of the molecule is COc1cc(-c2cnn3c(=O)[nH]cnc23)ccc1S(=O)c1ccccc1.O.O. The van der Waals surface area contributed by atoms with E-state index in [1.807, 2.05) is 36.4 Å². The summed E-state index contributed by atoms with van der Waals surface area (Å²) in [5, 5.41) is 4.06. The summed E-state index contributed by atoms with van der Waals surface area (Å²) in [6, 6.07) is 14.5. The molecule has 146 valence electrons. The lowest BCUT2D eigenvalue weighted by Crippen LogP contribution is -2.17. The lowest BCUT2D eigenvalue weighted by Gasteiger charge is -2.10. The van der Waals surface area contributed by atoms with Crippen LogP contribution in [-0.4, -0.2) is 41.9 Å². The van der Waals surface area contributed by atoms with Crippen molar-refractivity contribution in [1.29, 1.82) is 0 Å². The lowest BCUT2D eigenvalue weighted by atomic mass is 10.1. The summed E-state index contributed by atoms with van der Waals surface area (Å²) >= 11 is 0. The third-order valence-corrected chi connectivity index (χ3v) is 5.38. The molecule has 1 unspecified atom stereocenters. The van der Waals surface area contributed by atoms with Gasteiger partial charge in [-0.25, -0.2) is 14.0 Å². The van der Waals surface area contributed by atoms with Crippen LogP contribution >= 0.6 is 0 Å². The van der Waals surface area contributed by atoms with Crippen molar-refractivity contribution in [3.05, 3.63) is 71.5 Å². The second kappa shape index (κ2) is 8.57. The molecule has 0 radical (unpaired) electrons. The molecule has 2 aromatic heterocycles. The second-order valence-corrected chi connectivity index (χ2v) is 6.90. The van der Waals surface area contributed by atoms with Crippen LogP contribution in [0.1, 0.15) is 0 Å². The summed E-state index contributed by atoms with van der Waals surface area (Å²) < 4.78 is 19.5. The van der Waals surface area contributed by atoms with Gasteiger partial charge in [0.2, 0.25) is 0 Å². The van der Waals surface area contributed by atoms with Crippen molar-refractivity contribution in [2.75, 3.05) is 7.11 Å². The summed E-state index contributed by atoms with van der Waals surface area (Å²) in [6.07, 6.45) is 2.90. The molecule has 4 rings (SSSR count). The molecule has 28 heavy (non-hydrogen) atoms. The van der Waals surface area contributed by atoms with Gasteiger partial charge < -0.3 is 15.7 Å². The van der Waals surface area contributed by atoms with Crippen LogP contribution in [0.5, 0.6) is 5.75 Å². The van der Waals surface area contributed by atoms with E-state index >= 15 is 0 Å². The van der Waals surface area contributed by atoms with Crippen molar-refractivity contribution in [3.8, 4) is 16.9 Å². The Labute approximate surface area is 161 Å². The molecular formula is C18H18N4O5S. The minimum absolute atomic E-state index is 0. The van der Waals surface area contributed by atoms with E-state index in [9.17, 15) is 9.00 Å². The maximum Gasteiger partial charge on any atom is 0.349 e. The smallest absolute Gasteiger partial charge is 0.349 e. The molecule has 2 heterocycles. The number of nitrogens with zero attached hydrogens (tertiary/aromatic N) is 3. The molecule has 9 nitrogen and oxygen atoms in total. The highest BCUT2D eigenvalue weighted by Gasteiger charge is 2.16. The first kappa shape index (κ1) is 21.0. The normalized spacial score (nSPS) is 11.3. The van der Waals surface area contributed by atoms with Crippen molar-refractivity contribution in [3.63, 3.8) is 0 Å². The largest absolute Gasteiger partial charge is 0.495 e. The highest BCUT2D eigenvalue weighted by atomic mass is 32.2. The van der Waals surface area contributed by atoms with E-state index in [0.717, 1.165) is 5.56 Å². The van der Waals surface area contributed by atoms with E-state index in [4.69, 9.17) is 4.74 Å². The Hall–Kier alpha value is -3.34. The molecule has 10 heteroatoms. The Bertz CT molecular complexity index is 1170. The van der Waals surface area contributed by atoms with Gasteiger partial charge in [-0.15, -0.1) is 0 Å². The molecule has 0 fully saturated rings. The van der Waals surface area contributed by atoms with Gasteiger partial charge in [-0.1, -0.05) is 24.3 Å². The Kier molecular flexibility index (Phi) is 6.41. The van der Waals surface area contributed by atoms with Crippen LogP contribution in [0.25, 0.3) is 16.8 Å². The lowest BCUT2D eigenvalue weighted by molar-refractivity contribution is 0.404. The number of fused-ring (bicyclic) bond motifs is 1. The predicted octanol–water partition coefficient (Wildman–Crippen LogP) is 0.610. The minimum atomic E-state index is -1.36. The van der Waals surface area contributed by atoms with Crippen molar-refractivity contribution >= 4 is 16.4 Å². The van der Waals surface area contributed by atoms with Gasteiger partial charge in [0.15, 0.2) is 5.65 Å². The Morgan fingerprint density at radius 2 is 1.86 bits per heavy atom. The summed E-state index contributed by atoms with van der Waals surface area (Å²) in [7, 11) is 0.171. The van der Waals surface area contributed by atoms with Crippen LogP contribution in [0.4, 0.5) is 0 Å². The van der Waals surface area contributed by atoms with Crippen LogP contribution < -0.4 is 10.4 Å². The molecule has 0 bridgehead atoms. The number of nitrogens with one attached hydrogen (secondary N) is 1. The average molecular weight is 402 g/mol. The second-order valence-electron chi connectivity index (χ2n) is 5.45. The molecule has 0 saturated heterocycles. The summed E-state index contributed by atoms with van der Waals surface area (Å²) in [6.45, 7) is 0. The highest BCUT2D eigenvalue weighted by molar-refractivity contribution is 7.85. The molecule has 0 amide bonds. The van der Waals surface area contributed by atoms with E-state index in [1.54, 1.807) is 18.3 Å². The Morgan fingerprint density at radius 1 is 1.11 bits per heavy atom. The average Bonchev–Trinajstić information content (AvgIpc) is 3.13. The Morgan fingerprint density at radius 3 is 2.57 bits per heavy atom. The number of methoxy groups -OCH3 is 1. The van der Waals surface area contributed by atoms with Crippen molar-refractivity contribution < 1.29 is 19.9 Å². The first-order valence-corrected chi connectivity index (χ1v) is 8.90. The van der Waals surface area contributed by atoms with E-state index in [1.165, 1.54) is 18.0 Å². The van der Waals surface area contributed by atoms with E-state index in [0.29, 0.717) is 26.8 Å². The van der Waals surface area contributed by atoms with E-state index < -0.39 is 10.8 Å². The zero-order chi connectivity index (χ0) is 18.1. The van der Waals surface area contributed by atoms with Crippen LogP contribution in [0.3, 0.4) is 0 Å². The molecule has 5 N–H and O–H groups in total. The van der Waals surface area contributed by atoms with Crippen LogP contribution in [-0.2, 0) is 10.8 Å². The van der Waals surface area contributed by atoms with Gasteiger partial charge in [-0.2, -0.15) is 9.61 Å². The summed E-state index contributed by atoms with van der Waals surface area (Å²) in [5.74, 6) is 0.494. The number of ether oxygens (including phenoxy) is 1. The van der Waals surface area contributed by atoms with Crippen LogP contribution in [0, 0.1) is 0 Å². The van der Waals surface area contributed by atoms with Gasteiger partial charge in [-0.05, 0) is 29.8 Å². The number of hydrogen-bond donors (Lipinski definition) is 1. The standard InChI is InChI=1S/C18H14N4O3S.2H2O/c1-25-15-9-12(14-10-21-22-17(14)19-11-20-18(22)23)7-8-16(15)26(24)13-5-3-2-4-6-13;;/h2-11H,1H3,(H,19,20,23);2*1H2. The fourth-order valence-corrected chi connectivity index (χ4v) is 3.86. The zero-order valence-electron chi connectivity index (χ0n) is 14.7. The predicted molar refractivity (Wildman–Crippen MR) is 104 cm³/mol. The fraction of sp³-hybridized carbons (Fsp3) is 0.0556. The number of rotatable bonds is 4. The first-order chi connectivity index (χ1) is 12.7. The minimum Gasteiger partial charge on any atom is -0.495 e. The molecule has 1 atom stereocenters. The molecule has 0 spiro atoms. The maximum absolute atomic E-state index is 12.8. The molecule has 4 aromatic rings. The highest BCUT2D eigenvalue weighted by Crippen LogP contribution is 2.32. The summed E-state index contributed by atoms with van der Waals surface area (Å²) in [5.41, 5.74) is 1.53. The third kappa shape index (κ3) is 3.56. The molecule has 2 aromatic carbocycles. The number of hydrogen-bond acceptors (Lipinski definition) is 5. The van der Waals surface area contributed by atoms with Gasteiger partial charge >= 0.3 is 5.69 Å². The van der Waals surface area contributed by atoms with Gasteiger partial charge in [-0.3, -0.25) is 4.98 Å². The maximum atomic E-state index is 12.8.